The van der Waals surface area contributed by atoms with E-state index in [4.69, 9.17) is 9.47 Å². The fourth-order valence-corrected chi connectivity index (χ4v) is 4.64. The second-order valence-corrected chi connectivity index (χ2v) is 7.27. The van der Waals surface area contributed by atoms with Gasteiger partial charge in [0.2, 0.25) is 5.91 Å². The number of carbonyl (C=O) groups excluding carboxylic acids is 1. The van der Waals surface area contributed by atoms with Crippen LogP contribution >= 0.6 is 11.8 Å². The fourth-order valence-electron chi connectivity index (χ4n) is 3.03. The van der Waals surface area contributed by atoms with Gasteiger partial charge in [-0.05, 0) is 26.8 Å². The van der Waals surface area contributed by atoms with Gasteiger partial charge in [-0.25, -0.2) is 4.79 Å². The predicted octanol–water partition coefficient (Wildman–Crippen LogP) is 1.36. The molecule has 0 aromatic carbocycles. The number of amides is 1. The zero-order chi connectivity index (χ0) is 16.1. The highest BCUT2D eigenvalue weighted by molar-refractivity contribution is 7.99. The molecule has 2 fully saturated rings. The standard InChI is InChI=1S/C14H19N3O4S/c1-8(18)15-10-5-6-17(12(19)16-10)11-14(4)9(7-22-11)20-13(2,3)21-14/h5-6,9,11H,7H2,1-4H3,(H,15,16,18,19)/t9-,11-,14-/m0/s1. The van der Waals surface area contributed by atoms with Crippen molar-refractivity contribution in [2.75, 3.05) is 11.1 Å². The van der Waals surface area contributed by atoms with Gasteiger partial charge < -0.3 is 14.8 Å². The number of hydrogen-bond acceptors (Lipinski definition) is 6. The van der Waals surface area contributed by atoms with Gasteiger partial charge in [-0.15, -0.1) is 11.8 Å². The molecule has 7 nitrogen and oxygen atoms in total. The highest BCUT2D eigenvalue weighted by Crippen LogP contribution is 2.53. The molecule has 0 unspecified atom stereocenters. The van der Waals surface area contributed by atoms with Gasteiger partial charge in [0.05, 0.1) is 0 Å². The molecule has 0 spiro atoms. The van der Waals surface area contributed by atoms with E-state index in [0.717, 1.165) is 5.75 Å². The molecular formula is C14H19N3O4S. The van der Waals surface area contributed by atoms with Crippen molar-refractivity contribution in [3.8, 4) is 0 Å². The topological polar surface area (TPSA) is 82.5 Å². The number of ether oxygens (including phenoxy) is 2. The third-order valence-corrected chi connectivity index (χ3v) is 5.32. The molecular weight excluding hydrogens is 306 g/mol. The van der Waals surface area contributed by atoms with Crippen LogP contribution in [0.2, 0.25) is 0 Å². The summed E-state index contributed by atoms with van der Waals surface area (Å²) in [6.07, 6.45) is 1.57. The van der Waals surface area contributed by atoms with E-state index in [0.29, 0.717) is 0 Å². The molecule has 3 heterocycles. The Morgan fingerprint density at radius 3 is 2.86 bits per heavy atom. The average molecular weight is 325 g/mol. The lowest BCUT2D eigenvalue weighted by molar-refractivity contribution is -0.163. The number of thioether (sulfide) groups is 1. The number of hydrogen-bond donors (Lipinski definition) is 1. The first-order valence-corrected chi connectivity index (χ1v) is 8.12. The molecule has 1 N–H and O–H groups in total. The number of anilines is 1. The van der Waals surface area contributed by atoms with Gasteiger partial charge in [-0.2, -0.15) is 4.98 Å². The Bertz CT molecular complexity index is 674. The molecule has 0 bridgehead atoms. The van der Waals surface area contributed by atoms with Gasteiger partial charge in [0, 0.05) is 18.9 Å². The Balaban J connectivity index is 1.92. The number of nitrogens with one attached hydrogen (secondary N) is 1. The summed E-state index contributed by atoms with van der Waals surface area (Å²) >= 11 is 1.61. The molecule has 2 aliphatic rings. The molecule has 2 saturated heterocycles. The summed E-state index contributed by atoms with van der Waals surface area (Å²) in [5.74, 6) is 0.0830. The van der Waals surface area contributed by atoms with Crippen LogP contribution in [0.4, 0.5) is 5.82 Å². The van der Waals surface area contributed by atoms with Crippen molar-refractivity contribution in [2.24, 2.45) is 0 Å². The van der Waals surface area contributed by atoms with Gasteiger partial charge in [0.25, 0.3) is 0 Å². The third-order valence-electron chi connectivity index (χ3n) is 3.81. The Morgan fingerprint density at radius 1 is 1.50 bits per heavy atom. The number of nitrogens with zero attached hydrogens (tertiary/aromatic N) is 2. The number of fused-ring (bicyclic) bond motifs is 1. The summed E-state index contributed by atoms with van der Waals surface area (Å²) in [6.45, 7) is 7.08. The molecule has 2 aliphatic heterocycles. The Morgan fingerprint density at radius 2 is 2.23 bits per heavy atom. The highest BCUT2D eigenvalue weighted by Gasteiger charge is 2.59. The van der Waals surface area contributed by atoms with E-state index < -0.39 is 17.1 Å². The van der Waals surface area contributed by atoms with Gasteiger partial charge in [0.15, 0.2) is 5.79 Å². The molecule has 0 radical (unpaired) electrons. The largest absolute Gasteiger partial charge is 0.350 e. The van der Waals surface area contributed by atoms with E-state index in [1.165, 1.54) is 6.92 Å². The van der Waals surface area contributed by atoms with Gasteiger partial charge in [-0.1, -0.05) is 0 Å². The van der Waals surface area contributed by atoms with E-state index >= 15 is 0 Å². The maximum absolute atomic E-state index is 12.3. The Hall–Kier alpha value is -1.38. The molecule has 8 heteroatoms. The summed E-state index contributed by atoms with van der Waals surface area (Å²) in [5, 5.41) is 2.29. The van der Waals surface area contributed by atoms with E-state index in [9.17, 15) is 9.59 Å². The van der Waals surface area contributed by atoms with Crippen molar-refractivity contribution in [1.82, 2.24) is 9.55 Å². The number of carbonyl (C=O) groups is 1. The van der Waals surface area contributed by atoms with Crippen LogP contribution in [0.3, 0.4) is 0 Å². The lowest BCUT2D eigenvalue weighted by Crippen LogP contribution is -2.43. The molecule has 1 amide bonds. The Kier molecular flexibility index (Phi) is 3.58. The second-order valence-electron chi connectivity index (χ2n) is 6.16. The lowest BCUT2D eigenvalue weighted by Gasteiger charge is -2.30. The predicted molar refractivity (Wildman–Crippen MR) is 82.7 cm³/mol. The van der Waals surface area contributed by atoms with E-state index in [1.807, 2.05) is 20.8 Å². The minimum absolute atomic E-state index is 0.0700. The minimum atomic E-state index is -0.661. The first-order chi connectivity index (χ1) is 10.2. The van der Waals surface area contributed by atoms with Crippen molar-refractivity contribution in [1.29, 1.82) is 0 Å². The zero-order valence-electron chi connectivity index (χ0n) is 13.0. The third kappa shape index (κ3) is 2.55. The Labute approximate surface area is 132 Å². The molecule has 22 heavy (non-hydrogen) atoms. The van der Waals surface area contributed by atoms with Crippen molar-refractivity contribution in [3.05, 3.63) is 22.7 Å². The van der Waals surface area contributed by atoms with E-state index in [2.05, 4.69) is 10.3 Å². The molecule has 1 aromatic heterocycles. The van der Waals surface area contributed by atoms with Crippen LogP contribution in [0, 0.1) is 0 Å². The zero-order valence-corrected chi connectivity index (χ0v) is 13.8. The smallest absolute Gasteiger partial charge is 0.343 e. The van der Waals surface area contributed by atoms with Crippen LogP contribution < -0.4 is 11.0 Å². The summed E-state index contributed by atoms with van der Waals surface area (Å²) in [5.41, 5.74) is -1.01. The monoisotopic (exact) mass is 325 g/mol. The van der Waals surface area contributed by atoms with Crippen molar-refractivity contribution in [3.63, 3.8) is 0 Å². The summed E-state index contributed by atoms with van der Waals surface area (Å²) in [4.78, 5) is 27.2. The fraction of sp³-hybridized carbons (Fsp3) is 0.643. The number of aromatic nitrogens is 2. The van der Waals surface area contributed by atoms with Crippen LogP contribution in [-0.2, 0) is 14.3 Å². The van der Waals surface area contributed by atoms with E-state index in [-0.39, 0.29) is 23.2 Å². The SMILES string of the molecule is CC(=O)Nc1ccn([C@H]2SC[C@@H]3OC(C)(C)O[C@@]32C)c(=O)n1. The minimum Gasteiger partial charge on any atom is -0.343 e. The first-order valence-electron chi connectivity index (χ1n) is 7.08. The van der Waals surface area contributed by atoms with Crippen molar-refractivity contribution < 1.29 is 14.3 Å². The maximum Gasteiger partial charge on any atom is 0.350 e. The van der Waals surface area contributed by atoms with Crippen LogP contribution in [0.5, 0.6) is 0 Å². The van der Waals surface area contributed by atoms with E-state index in [1.54, 1.807) is 28.6 Å². The van der Waals surface area contributed by atoms with Crippen LogP contribution in [-0.4, -0.2) is 38.7 Å². The molecule has 0 aliphatic carbocycles. The quantitative estimate of drug-likeness (QED) is 0.884. The van der Waals surface area contributed by atoms with Gasteiger partial charge >= 0.3 is 5.69 Å². The maximum atomic E-state index is 12.3. The van der Waals surface area contributed by atoms with Crippen molar-refractivity contribution in [2.45, 2.75) is 50.6 Å². The molecule has 120 valence electrons. The van der Waals surface area contributed by atoms with Crippen LogP contribution in [0.1, 0.15) is 33.1 Å². The summed E-state index contributed by atoms with van der Waals surface area (Å²) in [6, 6.07) is 1.61. The van der Waals surface area contributed by atoms with Gasteiger partial charge in [0.1, 0.15) is 22.9 Å². The second kappa shape index (κ2) is 5.07. The van der Waals surface area contributed by atoms with Crippen LogP contribution in [0.15, 0.2) is 17.1 Å². The highest BCUT2D eigenvalue weighted by atomic mass is 32.2. The lowest BCUT2D eigenvalue weighted by atomic mass is 10.0. The molecule has 1 aromatic rings. The normalized spacial score (nSPS) is 32.7. The molecule has 3 rings (SSSR count). The average Bonchev–Trinajstić information content (AvgIpc) is 2.77. The van der Waals surface area contributed by atoms with Crippen molar-refractivity contribution >= 4 is 23.5 Å². The van der Waals surface area contributed by atoms with Gasteiger partial charge in [-0.3, -0.25) is 9.36 Å². The summed E-state index contributed by atoms with van der Waals surface area (Å²) < 4.78 is 13.5. The van der Waals surface area contributed by atoms with Crippen LogP contribution in [0.25, 0.3) is 0 Å². The molecule has 0 saturated carbocycles. The number of rotatable bonds is 2. The molecule has 3 atom stereocenters. The first kappa shape index (κ1) is 15.5. The summed E-state index contributed by atoms with van der Waals surface area (Å²) in [7, 11) is 0.